The minimum absolute atomic E-state index is 0.0170. The molecule has 5 aromatic rings. The van der Waals surface area contributed by atoms with Gasteiger partial charge in [-0.2, -0.15) is 0 Å². The van der Waals surface area contributed by atoms with Crippen molar-refractivity contribution in [3.05, 3.63) is 66.2 Å². The molecule has 0 aliphatic heterocycles. The van der Waals surface area contributed by atoms with Crippen LogP contribution < -0.4 is 4.90 Å². The molecule has 2 aromatic heterocycles. The average Bonchev–Trinajstić information content (AvgIpc) is 3.51. The third-order valence-electron chi connectivity index (χ3n) is 6.49. The fourth-order valence-corrected chi connectivity index (χ4v) is 4.43. The normalized spacial score (nSPS) is 11.4. The van der Waals surface area contributed by atoms with Crippen LogP contribution >= 0.6 is 0 Å². The molecule has 0 aliphatic rings. The van der Waals surface area contributed by atoms with Crippen LogP contribution in [0.2, 0.25) is 0 Å². The number of aldehydes is 1. The van der Waals surface area contributed by atoms with Crippen molar-refractivity contribution >= 4 is 34.0 Å². The number of phenolic OH excluding ortho intramolecular Hbond substituents is 1. The fraction of sp³-hybridized carbons (Fsp3) is 0.267. The Morgan fingerprint density at radius 1 is 0.889 bits per heavy atom. The number of anilines is 1. The highest BCUT2D eigenvalue weighted by Gasteiger charge is 2.17. The highest BCUT2D eigenvalue weighted by atomic mass is 16.4. The molecule has 0 atom stereocenters. The summed E-state index contributed by atoms with van der Waals surface area (Å²) in [6.07, 6.45) is 5.49. The molecular weight excluding hydrogens is 452 g/mol. The van der Waals surface area contributed by atoms with Gasteiger partial charge in [0.05, 0.1) is 5.56 Å². The van der Waals surface area contributed by atoms with Crippen LogP contribution in [0, 0.1) is 0 Å². The molecule has 2 heterocycles. The highest BCUT2D eigenvalue weighted by Crippen LogP contribution is 2.38. The first-order valence-corrected chi connectivity index (χ1v) is 12.6. The molecule has 0 fully saturated rings. The molecule has 0 saturated carbocycles. The van der Waals surface area contributed by atoms with E-state index in [1.54, 1.807) is 24.3 Å². The van der Waals surface area contributed by atoms with Crippen molar-refractivity contribution in [2.45, 2.75) is 39.5 Å². The molecule has 0 bridgehead atoms. The van der Waals surface area contributed by atoms with Gasteiger partial charge in [-0.1, -0.05) is 26.7 Å². The standard InChI is InChI=1S/C30H30N2O4/c1-3-5-13-32(14-6-4-2)23-10-8-21(9-11-23)28-17-22-16-24(26(34)18-29(22)35-28)30-31-25-15-20(19-33)7-12-27(25)36-30/h7-12,15-19,34H,3-6,13-14H2,1-2H3. The van der Waals surface area contributed by atoms with E-state index in [9.17, 15) is 9.90 Å². The number of nitrogens with zero attached hydrogens (tertiary/aromatic N) is 2. The van der Waals surface area contributed by atoms with Crippen LogP contribution in [0.3, 0.4) is 0 Å². The van der Waals surface area contributed by atoms with Gasteiger partial charge >= 0.3 is 0 Å². The molecule has 0 spiro atoms. The fourth-order valence-electron chi connectivity index (χ4n) is 4.43. The Morgan fingerprint density at radius 2 is 1.64 bits per heavy atom. The number of carbonyl (C=O) groups is 1. The maximum absolute atomic E-state index is 11.1. The van der Waals surface area contributed by atoms with Crippen LogP contribution in [0.25, 0.3) is 44.8 Å². The molecule has 6 nitrogen and oxygen atoms in total. The Bertz CT molecular complexity index is 1490. The van der Waals surface area contributed by atoms with Crippen LogP contribution in [-0.2, 0) is 0 Å². The molecule has 6 heteroatoms. The van der Waals surface area contributed by atoms with E-state index in [2.05, 4.69) is 48.0 Å². The van der Waals surface area contributed by atoms with E-state index in [1.807, 2.05) is 12.1 Å². The van der Waals surface area contributed by atoms with E-state index in [1.165, 1.54) is 31.4 Å². The molecule has 0 radical (unpaired) electrons. The van der Waals surface area contributed by atoms with E-state index in [0.29, 0.717) is 33.7 Å². The predicted octanol–water partition coefficient (Wildman–Crippen LogP) is 7.83. The van der Waals surface area contributed by atoms with Crippen molar-refractivity contribution in [3.8, 4) is 28.5 Å². The molecule has 0 aliphatic carbocycles. The van der Waals surface area contributed by atoms with Crippen LogP contribution in [-0.4, -0.2) is 29.5 Å². The SMILES string of the molecule is CCCCN(CCCC)c1ccc(-c2cc3cc(-c4nc5cc(C=O)ccc5o4)c(O)cc3o2)cc1. The first kappa shape index (κ1) is 23.7. The first-order chi connectivity index (χ1) is 17.6. The Kier molecular flexibility index (Phi) is 6.76. The third-order valence-corrected chi connectivity index (χ3v) is 6.49. The van der Waals surface area contributed by atoms with E-state index in [-0.39, 0.29) is 5.75 Å². The molecule has 0 amide bonds. The van der Waals surface area contributed by atoms with Gasteiger partial charge in [-0.25, -0.2) is 4.98 Å². The number of fused-ring (bicyclic) bond motifs is 2. The zero-order valence-corrected chi connectivity index (χ0v) is 20.7. The second kappa shape index (κ2) is 10.3. The summed E-state index contributed by atoms with van der Waals surface area (Å²) in [5.74, 6) is 1.04. The first-order valence-electron chi connectivity index (χ1n) is 12.6. The second-order valence-electron chi connectivity index (χ2n) is 9.12. The summed E-state index contributed by atoms with van der Waals surface area (Å²) >= 11 is 0. The van der Waals surface area contributed by atoms with Crippen LogP contribution in [0.5, 0.6) is 5.75 Å². The number of hydrogen-bond acceptors (Lipinski definition) is 6. The van der Waals surface area contributed by atoms with Gasteiger partial charge < -0.3 is 18.8 Å². The van der Waals surface area contributed by atoms with Gasteiger partial charge in [-0.05, 0) is 67.4 Å². The van der Waals surface area contributed by atoms with Gasteiger partial charge in [0.25, 0.3) is 0 Å². The Balaban J connectivity index is 1.44. The highest BCUT2D eigenvalue weighted by molar-refractivity contribution is 5.90. The number of carbonyl (C=O) groups excluding carboxylic acids is 1. The summed E-state index contributed by atoms with van der Waals surface area (Å²) in [5, 5.41) is 11.5. The lowest BCUT2D eigenvalue weighted by molar-refractivity contribution is 0.112. The summed E-state index contributed by atoms with van der Waals surface area (Å²) < 4.78 is 11.9. The molecule has 184 valence electrons. The zero-order chi connectivity index (χ0) is 25.1. The lowest BCUT2D eigenvalue weighted by Gasteiger charge is -2.24. The number of oxazole rings is 1. The largest absolute Gasteiger partial charge is 0.507 e. The van der Waals surface area contributed by atoms with Gasteiger partial charge in [0.2, 0.25) is 5.89 Å². The van der Waals surface area contributed by atoms with Crippen LogP contribution in [0.4, 0.5) is 5.69 Å². The van der Waals surface area contributed by atoms with Gasteiger partial charge in [0, 0.05) is 41.4 Å². The number of aromatic nitrogens is 1. The van der Waals surface area contributed by atoms with Gasteiger partial charge in [-0.3, -0.25) is 4.79 Å². The summed E-state index contributed by atoms with van der Waals surface area (Å²) in [4.78, 5) is 18.0. The van der Waals surface area contributed by atoms with Gasteiger partial charge in [0.1, 0.15) is 28.9 Å². The molecule has 0 saturated heterocycles. The van der Waals surface area contributed by atoms with Crippen molar-refractivity contribution in [1.82, 2.24) is 4.98 Å². The molecular formula is C30H30N2O4. The summed E-state index contributed by atoms with van der Waals surface area (Å²) in [6.45, 7) is 6.57. The van der Waals surface area contributed by atoms with Crippen molar-refractivity contribution in [1.29, 1.82) is 0 Å². The number of aromatic hydroxyl groups is 1. The van der Waals surface area contributed by atoms with Crippen molar-refractivity contribution in [2.75, 3.05) is 18.0 Å². The predicted molar refractivity (Wildman–Crippen MR) is 144 cm³/mol. The maximum atomic E-state index is 11.1. The molecule has 5 rings (SSSR count). The smallest absolute Gasteiger partial charge is 0.231 e. The van der Waals surface area contributed by atoms with E-state index in [0.717, 1.165) is 36.1 Å². The zero-order valence-electron chi connectivity index (χ0n) is 20.7. The molecule has 36 heavy (non-hydrogen) atoms. The quantitative estimate of drug-likeness (QED) is 0.204. The van der Waals surface area contributed by atoms with Crippen molar-refractivity contribution in [2.24, 2.45) is 0 Å². The Labute approximate surface area is 210 Å². The van der Waals surface area contributed by atoms with Crippen LogP contribution in [0.1, 0.15) is 49.9 Å². The molecule has 3 aromatic carbocycles. The average molecular weight is 483 g/mol. The molecule has 0 unspecified atom stereocenters. The van der Waals surface area contributed by atoms with E-state index >= 15 is 0 Å². The number of phenols is 1. The van der Waals surface area contributed by atoms with Crippen molar-refractivity contribution < 1.29 is 18.7 Å². The summed E-state index contributed by atoms with van der Waals surface area (Å²) in [6, 6.07) is 18.9. The van der Waals surface area contributed by atoms with Crippen LogP contribution in [0.15, 0.2) is 69.5 Å². The maximum Gasteiger partial charge on any atom is 0.231 e. The minimum Gasteiger partial charge on any atom is -0.507 e. The van der Waals surface area contributed by atoms with Crippen molar-refractivity contribution in [3.63, 3.8) is 0 Å². The Hall–Kier alpha value is -4.06. The lowest BCUT2D eigenvalue weighted by atomic mass is 10.1. The summed E-state index contributed by atoms with van der Waals surface area (Å²) in [7, 11) is 0. The summed E-state index contributed by atoms with van der Waals surface area (Å²) in [5.41, 5.74) is 4.89. The third kappa shape index (κ3) is 4.71. The van der Waals surface area contributed by atoms with E-state index < -0.39 is 0 Å². The number of benzene rings is 3. The number of furan rings is 1. The van der Waals surface area contributed by atoms with Gasteiger partial charge in [0.15, 0.2) is 5.58 Å². The second-order valence-corrected chi connectivity index (χ2v) is 9.12. The number of hydrogen-bond donors (Lipinski definition) is 1. The Morgan fingerprint density at radius 3 is 2.33 bits per heavy atom. The topological polar surface area (TPSA) is 79.7 Å². The molecule has 1 N–H and O–H groups in total. The number of unbranched alkanes of at least 4 members (excludes halogenated alkanes) is 2. The van der Waals surface area contributed by atoms with E-state index in [4.69, 9.17) is 8.83 Å². The minimum atomic E-state index is 0.0170. The van der Waals surface area contributed by atoms with Gasteiger partial charge in [-0.15, -0.1) is 0 Å². The number of rotatable bonds is 10. The monoisotopic (exact) mass is 482 g/mol. The lowest BCUT2D eigenvalue weighted by Crippen LogP contribution is -2.25.